The van der Waals surface area contributed by atoms with Gasteiger partial charge in [-0.25, -0.2) is 8.78 Å². The fourth-order valence-electron chi connectivity index (χ4n) is 1.63. The van der Waals surface area contributed by atoms with Crippen molar-refractivity contribution in [2.45, 2.75) is 19.5 Å². The zero-order valence-electron chi connectivity index (χ0n) is 10.9. The Hall–Kier alpha value is -2.15. The highest BCUT2D eigenvalue weighted by Crippen LogP contribution is 2.32. The standard InChI is InChI=1S/C14H11F4NO2/c1-14(17,18)12-6-9(2-3-19-12)21-13-10(15)4-8(7-20)5-11(13)16/h2-6,20H,7H2,1H3. The predicted octanol–water partition coefficient (Wildman–Crippen LogP) is 3.76. The van der Waals surface area contributed by atoms with Crippen LogP contribution in [0.3, 0.4) is 0 Å². The van der Waals surface area contributed by atoms with Gasteiger partial charge in [0.2, 0.25) is 0 Å². The van der Waals surface area contributed by atoms with Crippen molar-refractivity contribution in [3.05, 3.63) is 53.4 Å². The van der Waals surface area contributed by atoms with Crippen LogP contribution in [0.2, 0.25) is 0 Å². The summed E-state index contributed by atoms with van der Waals surface area (Å²) >= 11 is 0. The van der Waals surface area contributed by atoms with E-state index in [1.54, 1.807) is 0 Å². The fourth-order valence-corrected chi connectivity index (χ4v) is 1.63. The molecule has 0 aliphatic rings. The molecule has 112 valence electrons. The van der Waals surface area contributed by atoms with E-state index in [0.29, 0.717) is 6.92 Å². The van der Waals surface area contributed by atoms with E-state index in [1.165, 1.54) is 6.07 Å². The third kappa shape index (κ3) is 3.49. The second-order valence-electron chi connectivity index (χ2n) is 4.41. The minimum absolute atomic E-state index is 0.0351. The van der Waals surface area contributed by atoms with Crippen LogP contribution in [-0.2, 0) is 12.5 Å². The molecule has 7 heteroatoms. The number of pyridine rings is 1. The molecule has 0 amide bonds. The molecule has 0 aliphatic heterocycles. The maximum atomic E-state index is 13.7. The Morgan fingerprint density at radius 2 is 1.81 bits per heavy atom. The van der Waals surface area contributed by atoms with Crippen LogP contribution in [-0.4, -0.2) is 10.1 Å². The van der Waals surface area contributed by atoms with E-state index in [2.05, 4.69) is 4.98 Å². The van der Waals surface area contributed by atoms with Gasteiger partial charge in [-0.1, -0.05) is 0 Å². The van der Waals surface area contributed by atoms with E-state index in [4.69, 9.17) is 9.84 Å². The molecule has 0 unspecified atom stereocenters. The van der Waals surface area contributed by atoms with Crippen LogP contribution in [0, 0.1) is 11.6 Å². The van der Waals surface area contributed by atoms with Gasteiger partial charge in [-0.3, -0.25) is 4.98 Å². The Labute approximate surface area is 117 Å². The van der Waals surface area contributed by atoms with E-state index in [1.807, 2.05) is 0 Å². The van der Waals surface area contributed by atoms with Gasteiger partial charge >= 0.3 is 0 Å². The molecule has 0 saturated heterocycles. The summed E-state index contributed by atoms with van der Waals surface area (Å²) in [7, 11) is 0. The maximum Gasteiger partial charge on any atom is 0.287 e. The molecule has 1 N–H and O–H groups in total. The topological polar surface area (TPSA) is 42.4 Å². The van der Waals surface area contributed by atoms with E-state index < -0.39 is 35.6 Å². The largest absolute Gasteiger partial charge is 0.451 e. The quantitative estimate of drug-likeness (QED) is 0.874. The van der Waals surface area contributed by atoms with Crippen LogP contribution < -0.4 is 4.74 Å². The third-order valence-corrected chi connectivity index (χ3v) is 2.64. The SMILES string of the molecule is CC(F)(F)c1cc(Oc2c(F)cc(CO)cc2F)ccn1. The van der Waals surface area contributed by atoms with Crippen molar-refractivity contribution in [2.24, 2.45) is 0 Å². The number of benzene rings is 1. The molecule has 2 rings (SSSR count). The molecule has 0 spiro atoms. The summed E-state index contributed by atoms with van der Waals surface area (Å²) in [6.45, 7) is 0.117. The van der Waals surface area contributed by atoms with Crippen LogP contribution in [0.1, 0.15) is 18.2 Å². The first kappa shape index (κ1) is 15.2. The third-order valence-electron chi connectivity index (χ3n) is 2.64. The highest BCUT2D eigenvalue weighted by Gasteiger charge is 2.26. The van der Waals surface area contributed by atoms with Crippen LogP contribution in [0.25, 0.3) is 0 Å². The summed E-state index contributed by atoms with van der Waals surface area (Å²) in [5.74, 6) is -6.18. The van der Waals surface area contributed by atoms with E-state index in [0.717, 1.165) is 24.4 Å². The van der Waals surface area contributed by atoms with E-state index in [-0.39, 0.29) is 11.3 Å². The normalized spacial score (nSPS) is 11.5. The number of hydrogen-bond donors (Lipinski definition) is 1. The Kier molecular flexibility index (Phi) is 4.13. The number of alkyl halides is 2. The Balaban J connectivity index is 2.35. The van der Waals surface area contributed by atoms with Gasteiger partial charge in [0, 0.05) is 19.2 Å². The number of rotatable bonds is 4. The zero-order valence-corrected chi connectivity index (χ0v) is 10.9. The maximum absolute atomic E-state index is 13.7. The van der Waals surface area contributed by atoms with Gasteiger partial charge in [0.05, 0.1) is 6.61 Å². The molecule has 0 bridgehead atoms. The second kappa shape index (κ2) is 5.69. The van der Waals surface area contributed by atoms with Gasteiger partial charge in [0.25, 0.3) is 5.92 Å². The zero-order chi connectivity index (χ0) is 15.6. The summed E-state index contributed by atoms with van der Waals surface area (Å²) in [5, 5.41) is 8.83. The van der Waals surface area contributed by atoms with Gasteiger partial charge in [-0.05, 0) is 23.8 Å². The van der Waals surface area contributed by atoms with Gasteiger partial charge < -0.3 is 9.84 Å². The molecule has 1 heterocycles. The number of halogens is 4. The molecule has 0 fully saturated rings. The summed E-state index contributed by atoms with van der Waals surface area (Å²) in [6, 6.07) is 3.90. The van der Waals surface area contributed by atoms with Crippen molar-refractivity contribution >= 4 is 0 Å². The van der Waals surface area contributed by atoms with E-state index in [9.17, 15) is 17.6 Å². The Morgan fingerprint density at radius 3 is 2.33 bits per heavy atom. The summed E-state index contributed by atoms with van der Waals surface area (Å²) in [6.07, 6.45) is 1.06. The molecule has 1 aromatic carbocycles. The molecular formula is C14H11F4NO2. The Bertz CT molecular complexity index is 633. The van der Waals surface area contributed by atoms with Crippen LogP contribution >= 0.6 is 0 Å². The molecule has 0 radical (unpaired) electrons. The first-order chi connectivity index (χ1) is 9.81. The smallest absolute Gasteiger partial charge is 0.287 e. The molecule has 2 aromatic rings. The van der Waals surface area contributed by atoms with Crippen molar-refractivity contribution in [1.29, 1.82) is 0 Å². The van der Waals surface area contributed by atoms with Crippen molar-refractivity contribution in [3.63, 3.8) is 0 Å². The lowest BCUT2D eigenvalue weighted by Crippen LogP contribution is -2.09. The predicted molar refractivity (Wildman–Crippen MR) is 66.2 cm³/mol. The first-order valence-electron chi connectivity index (χ1n) is 5.92. The lowest BCUT2D eigenvalue weighted by molar-refractivity contribution is 0.0125. The lowest BCUT2D eigenvalue weighted by atomic mass is 10.2. The number of aromatic nitrogens is 1. The van der Waals surface area contributed by atoms with Crippen molar-refractivity contribution in [3.8, 4) is 11.5 Å². The van der Waals surface area contributed by atoms with Crippen molar-refractivity contribution < 1.29 is 27.4 Å². The van der Waals surface area contributed by atoms with Gasteiger partial charge in [-0.15, -0.1) is 0 Å². The molecule has 21 heavy (non-hydrogen) atoms. The Morgan fingerprint density at radius 1 is 1.19 bits per heavy atom. The number of nitrogens with zero attached hydrogens (tertiary/aromatic N) is 1. The first-order valence-corrected chi connectivity index (χ1v) is 5.92. The van der Waals surface area contributed by atoms with Gasteiger partial charge in [-0.2, -0.15) is 8.78 Å². The molecule has 3 nitrogen and oxygen atoms in total. The van der Waals surface area contributed by atoms with Crippen molar-refractivity contribution in [2.75, 3.05) is 0 Å². The van der Waals surface area contributed by atoms with E-state index >= 15 is 0 Å². The van der Waals surface area contributed by atoms with Crippen LogP contribution in [0.15, 0.2) is 30.5 Å². The number of ether oxygens (including phenoxy) is 1. The molecular weight excluding hydrogens is 290 g/mol. The average Bonchev–Trinajstić information content (AvgIpc) is 2.42. The van der Waals surface area contributed by atoms with Gasteiger partial charge in [0.1, 0.15) is 11.4 Å². The minimum Gasteiger partial charge on any atom is -0.451 e. The van der Waals surface area contributed by atoms with Gasteiger partial charge in [0.15, 0.2) is 17.4 Å². The number of aliphatic hydroxyl groups is 1. The lowest BCUT2D eigenvalue weighted by Gasteiger charge is -2.12. The fraction of sp³-hybridized carbons (Fsp3) is 0.214. The van der Waals surface area contributed by atoms with Crippen molar-refractivity contribution in [1.82, 2.24) is 4.98 Å². The van der Waals surface area contributed by atoms with Crippen LogP contribution in [0.4, 0.5) is 17.6 Å². The molecule has 0 aliphatic carbocycles. The summed E-state index contributed by atoms with van der Waals surface area (Å²) in [5.41, 5.74) is -0.541. The highest BCUT2D eigenvalue weighted by molar-refractivity contribution is 5.36. The average molecular weight is 301 g/mol. The highest BCUT2D eigenvalue weighted by atomic mass is 19.3. The molecule has 1 aromatic heterocycles. The summed E-state index contributed by atoms with van der Waals surface area (Å²) in [4.78, 5) is 3.47. The number of aliphatic hydroxyl groups excluding tert-OH is 1. The van der Waals surface area contributed by atoms with Crippen LogP contribution in [0.5, 0.6) is 11.5 Å². The minimum atomic E-state index is -3.20. The monoisotopic (exact) mass is 301 g/mol. The molecule has 0 saturated carbocycles. The molecule has 0 atom stereocenters. The number of hydrogen-bond acceptors (Lipinski definition) is 3. The second-order valence-corrected chi connectivity index (χ2v) is 4.41. The summed E-state index contributed by atoms with van der Waals surface area (Å²) < 4.78 is 58.6.